The molecule has 0 aliphatic rings. The van der Waals surface area contributed by atoms with Crippen molar-refractivity contribution in [3.05, 3.63) is 182 Å². The van der Waals surface area contributed by atoms with Crippen molar-refractivity contribution >= 4 is 19.8 Å². The van der Waals surface area contributed by atoms with E-state index >= 15 is 0 Å². The summed E-state index contributed by atoms with van der Waals surface area (Å²) < 4.78 is 33.9. The molecule has 0 saturated heterocycles. The molecule has 10 heteroatoms. The molecular formula is C68H106NO8P. The van der Waals surface area contributed by atoms with Crippen LogP contribution in [0.2, 0.25) is 0 Å². The molecular weight excluding hydrogens is 990 g/mol. The van der Waals surface area contributed by atoms with Crippen LogP contribution in [-0.2, 0) is 32.7 Å². The summed E-state index contributed by atoms with van der Waals surface area (Å²) in [6.45, 7) is 3.84. The number of rotatable bonds is 51. The first kappa shape index (κ1) is 73.1. The van der Waals surface area contributed by atoms with Crippen LogP contribution in [0, 0.1) is 0 Å². The number of hydrogen-bond acceptors (Lipinski definition) is 8. The van der Waals surface area contributed by atoms with Gasteiger partial charge in [0.1, 0.15) is 19.8 Å². The van der Waals surface area contributed by atoms with Crippen LogP contribution in [0.25, 0.3) is 0 Å². The van der Waals surface area contributed by atoms with Gasteiger partial charge in [-0.15, -0.1) is 0 Å². The normalized spacial score (nSPS) is 14.6. The predicted octanol–water partition coefficient (Wildman–Crippen LogP) is 18.2. The van der Waals surface area contributed by atoms with Crippen LogP contribution in [0.3, 0.4) is 0 Å². The van der Waals surface area contributed by atoms with Crippen molar-refractivity contribution in [2.45, 2.75) is 187 Å². The largest absolute Gasteiger partial charge is 0.756 e. The summed E-state index contributed by atoms with van der Waals surface area (Å²) in [5, 5.41) is 0. The van der Waals surface area contributed by atoms with Gasteiger partial charge in [-0.2, -0.15) is 0 Å². The molecule has 0 aromatic carbocycles. The number of quaternary nitrogens is 1. The summed E-state index contributed by atoms with van der Waals surface area (Å²) in [4.78, 5) is 37.7. The molecule has 0 amide bonds. The molecule has 436 valence electrons. The zero-order valence-corrected chi connectivity index (χ0v) is 50.2. The molecule has 0 N–H and O–H groups in total. The Morgan fingerprint density at radius 2 is 0.731 bits per heavy atom. The molecule has 2 unspecified atom stereocenters. The molecule has 78 heavy (non-hydrogen) atoms. The monoisotopic (exact) mass is 1100 g/mol. The molecule has 0 heterocycles. The maximum Gasteiger partial charge on any atom is 0.309 e. The molecule has 9 nitrogen and oxygen atoms in total. The number of hydrogen-bond donors (Lipinski definition) is 0. The smallest absolute Gasteiger partial charge is 0.309 e. The second kappa shape index (κ2) is 56.8. The van der Waals surface area contributed by atoms with E-state index in [4.69, 9.17) is 18.5 Å². The molecule has 0 aliphatic heterocycles. The van der Waals surface area contributed by atoms with Crippen LogP contribution in [0.4, 0.5) is 0 Å². The maximum absolute atomic E-state index is 12.8. The number of phosphoric ester groups is 1. The number of carbonyl (C=O) groups excluding carboxylic acids is 2. The number of allylic oxidation sites excluding steroid dienone is 29. The van der Waals surface area contributed by atoms with E-state index in [0.29, 0.717) is 23.9 Å². The van der Waals surface area contributed by atoms with Gasteiger partial charge in [-0.1, -0.05) is 235 Å². The highest BCUT2D eigenvalue weighted by atomic mass is 31.2. The van der Waals surface area contributed by atoms with Gasteiger partial charge in [-0.05, 0) is 116 Å². The van der Waals surface area contributed by atoms with Crippen molar-refractivity contribution in [1.29, 1.82) is 0 Å². The highest BCUT2D eigenvalue weighted by Crippen LogP contribution is 2.38. The lowest BCUT2D eigenvalue weighted by Gasteiger charge is -2.28. The van der Waals surface area contributed by atoms with Crippen molar-refractivity contribution in [2.24, 2.45) is 0 Å². The number of unbranched alkanes of at least 4 members (excludes halogenated alkanes) is 8. The standard InChI is InChI=1S/C68H106NO8P/c1-6-8-10-12-14-16-18-20-22-23-24-25-26-27-28-29-30-31-32-33-34-35-36-37-38-39-40-41-42-43-44-45-47-49-51-53-55-57-59-61-68(71)77-66(65-76-78(72,73)75-63-62-69(3,4)5)64-74-67(70)60-58-56-54-52-50-48-46-21-19-17-15-13-11-9-7-2/h8-11,14-17,20-22,24-25,27-28,30-31,33-34,36-37,39-40,42-43,46,50,52,56,58,66H,6-7,12-13,18-19,23,26,29,32,35,38,41,44-45,47-49,51,53-55,57,59-65H2,1-5H3/b10-8-,11-9-,16-14-,17-15-,22-20-,25-24-,28-27-,31-30-,34-33-,37-36-,40-39-,43-42-,46-21-,52-50-,58-56-. The van der Waals surface area contributed by atoms with Crippen LogP contribution in [0.5, 0.6) is 0 Å². The van der Waals surface area contributed by atoms with Crippen molar-refractivity contribution < 1.29 is 42.1 Å². The lowest BCUT2D eigenvalue weighted by Crippen LogP contribution is -2.37. The molecule has 2 atom stereocenters. The Morgan fingerprint density at radius 1 is 0.410 bits per heavy atom. The van der Waals surface area contributed by atoms with Crippen LogP contribution in [0.15, 0.2) is 182 Å². The van der Waals surface area contributed by atoms with E-state index in [2.05, 4.69) is 178 Å². The Labute approximate surface area is 476 Å². The van der Waals surface area contributed by atoms with Crippen molar-refractivity contribution in [3.8, 4) is 0 Å². The number of carbonyl (C=O) groups is 2. The fraction of sp³-hybridized carbons (Fsp3) is 0.529. The van der Waals surface area contributed by atoms with Crippen LogP contribution in [0.1, 0.15) is 181 Å². The number of phosphoric acid groups is 1. The Balaban J connectivity index is 4.21. The van der Waals surface area contributed by atoms with Crippen LogP contribution in [-0.4, -0.2) is 70.0 Å². The molecule has 0 fully saturated rings. The second-order valence-corrected chi connectivity index (χ2v) is 21.3. The molecule has 0 saturated carbocycles. The zero-order valence-electron chi connectivity index (χ0n) is 49.3. The predicted molar refractivity (Wildman–Crippen MR) is 332 cm³/mol. The lowest BCUT2D eigenvalue weighted by molar-refractivity contribution is -0.870. The Kier molecular flexibility index (Phi) is 53.3. The minimum Gasteiger partial charge on any atom is -0.756 e. The van der Waals surface area contributed by atoms with Gasteiger partial charge in [0.05, 0.1) is 34.2 Å². The topological polar surface area (TPSA) is 111 Å². The molecule has 0 bridgehead atoms. The number of ether oxygens (including phenoxy) is 2. The first-order valence-corrected chi connectivity index (χ1v) is 31.0. The zero-order chi connectivity index (χ0) is 57.0. The molecule has 0 radical (unpaired) electrons. The van der Waals surface area contributed by atoms with E-state index in [0.717, 1.165) is 116 Å². The Bertz CT molecular complexity index is 1970. The van der Waals surface area contributed by atoms with Gasteiger partial charge in [0, 0.05) is 6.42 Å². The van der Waals surface area contributed by atoms with Gasteiger partial charge in [0.25, 0.3) is 7.82 Å². The number of esters is 2. The summed E-state index contributed by atoms with van der Waals surface area (Å²) in [6.07, 6.45) is 88.4. The third-order valence-corrected chi connectivity index (χ3v) is 12.4. The number of likely N-dealkylation sites (N-methyl/N-ethyl adjacent to an activating group) is 1. The van der Waals surface area contributed by atoms with Gasteiger partial charge in [0.2, 0.25) is 0 Å². The SMILES string of the molecule is CC/C=C\C/C=C\C/C=C\C/C=C\C/C=C\C/C=C\C/C=C\C/C=C\C/C=C\C/C=C\CCCCCCCCCCC(=O)OC(COC(=O)C/C=C\C/C=C\C/C=C\C/C=C\C/C=C\CC)COP(=O)([O-])OCC[N+](C)(C)C. The summed E-state index contributed by atoms with van der Waals surface area (Å²) >= 11 is 0. The van der Waals surface area contributed by atoms with Gasteiger partial charge in [0.15, 0.2) is 6.10 Å². The van der Waals surface area contributed by atoms with Crippen LogP contribution >= 0.6 is 7.82 Å². The maximum atomic E-state index is 12.8. The minimum absolute atomic E-state index is 0.0322. The van der Waals surface area contributed by atoms with Gasteiger partial charge >= 0.3 is 11.9 Å². The van der Waals surface area contributed by atoms with E-state index in [9.17, 15) is 19.0 Å². The first-order chi connectivity index (χ1) is 38.0. The van der Waals surface area contributed by atoms with Crippen molar-refractivity contribution in [2.75, 3.05) is 47.5 Å². The Hall–Kier alpha value is -4.89. The van der Waals surface area contributed by atoms with E-state index in [1.54, 1.807) is 6.08 Å². The van der Waals surface area contributed by atoms with Gasteiger partial charge in [-0.25, -0.2) is 0 Å². The average Bonchev–Trinajstić information content (AvgIpc) is 3.41. The Morgan fingerprint density at radius 3 is 1.09 bits per heavy atom. The summed E-state index contributed by atoms with van der Waals surface area (Å²) in [7, 11) is 1.08. The minimum atomic E-state index is -4.67. The first-order valence-electron chi connectivity index (χ1n) is 29.5. The van der Waals surface area contributed by atoms with Crippen molar-refractivity contribution in [1.82, 2.24) is 0 Å². The highest BCUT2D eigenvalue weighted by molar-refractivity contribution is 7.45. The molecule has 0 aliphatic carbocycles. The fourth-order valence-electron chi connectivity index (χ4n) is 6.99. The van der Waals surface area contributed by atoms with E-state index in [-0.39, 0.29) is 26.1 Å². The highest BCUT2D eigenvalue weighted by Gasteiger charge is 2.21. The quantitative estimate of drug-likeness (QED) is 0.0195. The van der Waals surface area contributed by atoms with E-state index < -0.39 is 32.5 Å². The van der Waals surface area contributed by atoms with E-state index in [1.165, 1.54) is 25.7 Å². The second-order valence-electron chi connectivity index (χ2n) is 19.9. The lowest BCUT2D eigenvalue weighted by atomic mass is 10.1. The summed E-state index contributed by atoms with van der Waals surface area (Å²) in [6, 6.07) is 0. The van der Waals surface area contributed by atoms with Gasteiger partial charge < -0.3 is 27.9 Å². The third-order valence-electron chi connectivity index (χ3n) is 11.5. The number of nitrogens with zero attached hydrogens (tertiary/aromatic N) is 1. The molecule has 0 spiro atoms. The fourth-order valence-corrected chi connectivity index (χ4v) is 7.72. The van der Waals surface area contributed by atoms with Gasteiger partial charge in [-0.3, -0.25) is 14.2 Å². The molecule has 0 aromatic heterocycles. The molecule has 0 aromatic rings. The third kappa shape index (κ3) is 60.3. The van der Waals surface area contributed by atoms with Crippen molar-refractivity contribution in [3.63, 3.8) is 0 Å². The van der Waals surface area contributed by atoms with Crippen LogP contribution < -0.4 is 4.89 Å². The summed E-state index contributed by atoms with van der Waals surface area (Å²) in [5.41, 5.74) is 0. The molecule has 0 rings (SSSR count). The van der Waals surface area contributed by atoms with E-state index in [1.807, 2.05) is 33.3 Å². The summed E-state index contributed by atoms with van der Waals surface area (Å²) in [5.74, 6) is -1.01. The average molecular weight is 1100 g/mol.